The molecule has 2 aliphatic carbocycles. The van der Waals surface area contributed by atoms with Gasteiger partial charge in [-0.25, -0.2) is 0 Å². The number of fused-ring (bicyclic) bond motifs is 1. The van der Waals surface area contributed by atoms with Crippen LogP contribution in [0, 0.1) is 40.5 Å². The topological polar surface area (TPSA) is 0 Å². The van der Waals surface area contributed by atoms with Crippen LogP contribution >= 0.6 is 0 Å². The Bertz CT molecular complexity index is 758. The van der Waals surface area contributed by atoms with Gasteiger partial charge in [0.1, 0.15) is 0 Å². The van der Waals surface area contributed by atoms with Gasteiger partial charge >= 0.3 is 182 Å². The summed E-state index contributed by atoms with van der Waals surface area (Å²) in [5.74, 6) is 0.826. The Kier molecular flexibility index (Phi) is 12.9. The predicted octanol–water partition coefficient (Wildman–Crippen LogP) is -2.98. The Hall–Kier alpha value is 0.501. The zero-order chi connectivity index (χ0) is 19.8. The summed E-state index contributed by atoms with van der Waals surface area (Å²) in [6.07, 6.45) is 15.5. The molecular weight excluding hydrogens is 483 g/mol. The first-order chi connectivity index (χ1) is 12.8. The van der Waals surface area contributed by atoms with E-state index in [1.807, 2.05) is 0 Å². The summed E-state index contributed by atoms with van der Waals surface area (Å²) in [6, 6.07) is 0. The van der Waals surface area contributed by atoms with Crippen molar-refractivity contribution in [3.8, 4) is 0 Å². The normalized spacial score (nSPS) is 24.7. The van der Waals surface area contributed by atoms with Crippen LogP contribution < -0.4 is 42.4 Å². The molecule has 0 N–H and O–H groups in total. The van der Waals surface area contributed by atoms with E-state index in [-0.39, 0.29) is 46.7 Å². The summed E-state index contributed by atoms with van der Waals surface area (Å²) in [7, 11) is -0.313. The smallest absolute Gasteiger partial charge is 1.00 e. The van der Waals surface area contributed by atoms with Gasteiger partial charge in [-0.05, 0) is 0 Å². The second-order valence-corrected chi connectivity index (χ2v) is 12.6. The summed E-state index contributed by atoms with van der Waals surface area (Å²) >= 11 is 2.63. The Balaban J connectivity index is 0.00000280. The molecule has 3 unspecified atom stereocenters. The maximum Gasteiger partial charge on any atom is -1.00 e. The van der Waals surface area contributed by atoms with Crippen molar-refractivity contribution < 1.29 is 57.7 Å². The summed E-state index contributed by atoms with van der Waals surface area (Å²) in [5, 5.41) is 1.79. The van der Waals surface area contributed by atoms with Crippen LogP contribution in [-0.4, -0.2) is 9.52 Å². The van der Waals surface area contributed by atoms with Gasteiger partial charge in [-0.15, -0.1) is 0 Å². The molecule has 1 fully saturated rings. The summed E-state index contributed by atoms with van der Waals surface area (Å²) < 4.78 is 0.447. The second-order valence-electron chi connectivity index (χ2n) is 9.15. The van der Waals surface area contributed by atoms with E-state index >= 15 is 0 Å². The van der Waals surface area contributed by atoms with E-state index in [0.717, 1.165) is 11.5 Å². The van der Waals surface area contributed by atoms with Gasteiger partial charge in [0, 0.05) is 0 Å². The fraction of sp³-hybridized carbons (Fsp3) is 0.600. The van der Waals surface area contributed by atoms with Crippen molar-refractivity contribution in [2.45, 2.75) is 89.3 Å². The van der Waals surface area contributed by atoms with Gasteiger partial charge in [0.25, 0.3) is 0 Å². The molecule has 166 valence electrons. The molecule has 1 saturated carbocycles. The van der Waals surface area contributed by atoms with Crippen LogP contribution in [0.3, 0.4) is 0 Å². The van der Waals surface area contributed by atoms with Gasteiger partial charge in [0.2, 0.25) is 0 Å². The van der Waals surface area contributed by atoms with Crippen LogP contribution in [0.1, 0.15) is 73.3 Å². The molecular formula is C25H37Cl3SiTi. The number of halogens is 3. The molecule has 0 aliphatic heterocycles. The molecule has 0 heterocycles. The minimum Gasteiger partial charge on any atom is -1.00 e. The van der Waals surface area contributed by atoms with Crippen molar-refractivity contribution in [2.24, 2.45) is 5.92 Å². The SMILES string of the molecule is CCCCC[C]1([Ti+3])C2=CC=CCC2CC1[SiH2]c1c(C)c(C)c(C)c(C)c1C.[Cl-].[Cl-].[Cl-]. The third kappa shape index (κ3) is 5.70. The van der Waals surface area contributed by atoms with Crippen LogP contribution in [-0.2, 0) is 20.4 Å². The molecule has 3 atom stereocenters. The molecule has 0 bridgehead atoms. The molecule has 1 aromatic carbocycles. The Morgan fingerprint density at radius 2 is 1.50 bits per heavy atom. The van der Waals surface area contributed by atoms with Crippen LogP contribution in [0.2, 0.25) is 9.26 Å². The fourth-order valence-electron chi connectivity index (χ4n) is 5.58. The first kappa shape index (κ1) is 30.5. The second kappa shape index (κ2) is 12.7. The number of hydrogen-bond donors (Lipinski definition) is 0. The predicted molar refractivity (Wildman–Crippen MR) is 119 cm³/mol. The molecule has 30 heavy (non-hydrogen) atoms. The number of allylic oxidation sites excluding steroid dienone is 4. The number of unbranched alkanes of at least 4 members (excludes halogenated alkanes) is 2. The standard InChI is InChI=1S/C25H37Si.3ClH.Ti/c1-7-8-9-14-23-22-13-11-10-12-21(22)15-24(23)26-25-19(5)17(3)16(2)18(4)20(25)6;;;;/h10-11,13,21,24H,7-9,12,14-15,26H2,1-6H3;3*1H;/q;;;;+3/p-3. The van der Waals surface area contributed by atoms with Crippen molar-refractivity contribution in [2.75, 3.05) is 0 Å². The number of rotatable bonds is 6. The van der Waals surface area contributed by atoms with E-state index < -0.39 is 0 Å². The molecule has 1 aromatic rings. The van der Waals surface area contributed by atoms with E-state index in [2.05, 4.69) is 80.2 Å². The van der Waals surface area contributed by atoms with E-state index in [9.17, 15) is 0 Å². The van der Waals surface area contributed by atoms with Gasteiger partial charge in [-0.2, -0.15) is 0 Å². The number of hydrogen-bond acceptors (Lipinski definition) is 0. The van der Waals surface area contributed by atoms with E-state index in [1.54, 1.807) is 33.0 Å². The van der Waals surface area contributed by atoms with Crippen LogP contribution in [0.5, 0.6) is 0 Å². The van der Waals surface area contributed by atoms with Gasteiger partial charge in [-0.3, -0.25) is 0 Å². The quantitative estimate of drug-likeness (QED) is 0.278. The maximum absolute atomic E-state index is 2.63. The maximum atomic E-state index is 2.63. The van der Waals surface area contributed by atoms with Crippen molar-refractivity contribution in [3.63, 3.8) is 0 Å². The van der Waals surface area contributed by atoms with Crippen molar-refractivity contribution in [1.29, 1.82) is 0 Å². The van der Waals surface area contributed by atoms with Gasteiger partial charge in [0.15, 0.2) is 0 Å². The third-order valence-corrected chi connectivity index (χ3v) is 12.9. The largest absolute Gasteiger partial charge is 1.00 e. The molecule has 0 amide bonds. The van der Waals surface area contributed by atoms with Crippen molar-refractivity contribution in [1.82, 2.24) is 0 Å². The molecule has 0 radical (unpaired) electrons. The average Bonchev–Trinajstić information content (AvgIpc) is 2.94. The van der Waals surface area contributed by atoms with Crippen LogP contribution in [0.25, 0.3) is 0 Å². The van der Waals surface area contributed by atoms with E-state index in [1.165, 1.54) is 44.1 Å². The van der Waals surface area contributed by atoms with Crippen molar-refractivity contribution >= 4 is 14.7 Å². The van der Waals surface area contributed by atoms with E-state index in [4.69, 9.17) is 0 Å². The summed E-state index contributed by atoms with van der Waals surface area (Å²) in [5.41, 5.74) is 10.5. The van der Waals surface area contributed by atoms with Gasteiger partial charge < -0.3 is 37.2 Å². The average molecular weight is 520 g/mol. The molecule has 0 saturated heterocycles. The van der Waals surface area contributed by atoms with Crippen LogP contribution in [0.15, 0.2) is 23.8 Å². The minimum absolute atomic E-state index is 0. The van der Waals surface area contributed by atoms with Gasteiger partial charge in [-0.1, -0.05) is 0 Å². The molecule has 3 rings (SSSR count). The van der Waals surface area contributed by atoms with E-state index in [0.29, 0.717) is 3.72 Å². The summed E-state index contributed by atoms with van der Waals surface area (Å²) in [6.45, 7) is 14.1. The first-order valence-corrected chi connectivity index (χ1v) is 13.3. The van der Waals surface area contributed by atoms with Gasteiger partial charge in [0.05, 0.1) is 0 Å². The molecule has 2 aliphatic rings. The fourth-order valence-corrected chi connectivity index (χ4v) is 9.96. The zero-order valence-corrected chi connectivity index (χ0v) is 24.7. The minimum atomic E-state index is -0.313. The zero-order valence-electron chi connectivity index (χ0n) is 19.5. The molecule has 5 heteroatoms. The molecule has 0 aromatic heterocycles. The molecule has 0 nitrogen and oxygen atoms in total. The number of benzene rings is 1. The summed E-state index contributed by atoms with van der Waals surface area (Å²) in [4.78, 5) is 0. The Morgan fingerprint density at radius 1 is 0.933 bits per heavy atom. The first-order valence-electron chi connectivity index (χ1n) is 11.0. The molecule has 0 spiro atoms. The third-order valence-electron chi connectivity index (χ3n) is 7.83. The monoisotopic (exact) mass is 518 g/mol. The van der Waals surface area contributed by atoms with Crippen molar-refractivity contribution in [3.05, 3.63) is 51.6 Å². The van der Waals surface area contributed by atoms with Crippen LogP contribution in [0.4, 0.5) is 0 Å². The Labute approximate surface area is 218 Å². The Morgan fingerprint density at radius 3 is 2.07 bits per heavy atom.